The van der Waals surface area contributed by atoms with Crippen molar-refractivity contribution < 1.29 is 4.74 Å². The minimum Gasteiger partial charge on any atom is -0.381 e. The van der Waals surface area contributed by atoms with Gasteiger partial charge in [0, 0.05) is 31.3 Å². The Morgan fingerprint density at radius 2 is 1.71 bits per heavy atom. The third kappa shape index (κ3) is 3.62. The maximum atomic E-state index is 6.26. The maximum absolute atomic E-state index is 6.26. The Kier molecular flexibility index (Phi) is 5.72. The number of likely N-dealkylation sites (N-methyl/N-ethyl adjacent to an activating group) is 1. The van der Waals surface area contributed by atoms with E-state index in [2.05, 4.69) is 32.7 Å². The summed E-state index contributed by atoms with van der Waals surface area (Å²) in [5.41, 5.74) is 6.98. The summed E-state index contributed by atoms with van der Waals surface area (Å²) in [6.07, 6.45) is 8.83. The molecule has 2 rings (SSSR count). The summed E-state index contributed by atoms with van der Waals surface area (Å²) in [6, 6.07) is 0.665. The van der Waals surface area contributed by atoms with Gasteiger partial charge < -0.3 is 10.5 Å². The van der Waals surface area contributed by atoms with Gasteiger partial charge in [-0.15, -0.1) is 0 Å². The molecule has 0 unspecified atom stereocenters. The third-order valence-electron chi connectivity index (χ3n) is 6.80. The second-order valence-electron chi connectivity index (χ2n) is 8.00. The summed E-state index contributed by atoms with van der Waals surface area (Å²) >= 11 is 0. The summed E-state index contributed by atoms with van der Waals surface area (Å²) in [6.45, 7) is 9.85. The summed E-state index contributed by atoms with van der Waals surface area (Å²) in [7, 11) is 2.31. The normalized spacial score (nSPS) is 32.6. The van der Waals surface area contributed by atoms with Crippen LogP contribution in [0, 0.1) is 11.3 Å². The van der Waals surface area contributed by atoms with Crippen molar-refractivity contribution in [1.82, 2.24) is 4.90 Å². The Morgan fingerprint density at radius 3 is 2.19 bits per heavy atom. The first-order valence-electron chi connectivity index (χ1n) is 8.96. The SMILES string of the molecule is CCC(C)(C)C1CCC(CN)(N(C)C2CCOCC2)CC1. The lowest BCUT2D eigenvalue weighted by molar-refractivity contribution is -0.0309. The molecule has 0 amide bonds. The molecule has 0 aromatic rings. The van der Waals surface area contributed by atoms with Crippen molar-refractivity contribution in [3.05, 3.63) is 0 Å². The molecule has 2 N–H and O–H groups in total. The van der Waals surface area contributed by atoms with Gasteiger partial charge in [0.1, 0.15) is 0 Å². The van der Waals surface area contributed by atoms with E-state index < -0.39 is 0 Å². The van der Waals surface area contributed by atoms with E-state index >= 15 is 0 Å². The minimum atomic E-state index is 0.238. The van der Waals surface area contributed by atoms with Gasteiger partial charge in [-0.05, 0) is 56.9 Å². The van der Waals surface area contributed by atoms with Crippen molar-refractivity contribution in [2.24, 2.45) is 17.1 Å². The molecular formula is C18H36N2O. The van der Waals surface area contributed by atoms with E-state index in [1.54, 1.807) is 0 Å². The van der Waals surface area contributed by atoms with Crippen LogP contribution >= 0.6 is 0 Å². The smallest absolute Gasteiger partial charge is 0.0480 e. The van der Waals surface area contributed by atoms with Gasteiger partial charge in [-0.2, -0.15) is 0 Å². The highest BCUT2D eigenvalue weighted by Crippen LogP contribution is 2.45. The zero-order chi connectivity index (χ0) is 15.5. The van der Waals surface area contributed by atoms with E-state index in [-0.39, 0.29) is 5.54 Å². The van der Waals surface area contributed by atoms with E-state index in [1.165, 1.54) is 44.9 Å². The average Bonchev–Trinajstić information content (AvgIpc) is 2.55. The highest BCUT2D eigenvalue weighted by molar-refractivity contribution is 4.99. The Balaban J connectivity index is 2.00. The molecule has 1 saturated carbocycles. The highest BCUT2D eigenvalue weighted by Gasteiger charge is 2.43. The molecule has 3 nitrogen and oxygen atoms in total. The topological polar surface area (TPSA) is 38.5 Å². The summed E-state index contributed by atoms with van der Waals surface area (Å²) < 4.78 is 5.52. The number of hydrogen-bond acceptors (Lipinski definition) is 3. The second kappa shape index (κ2) is 6.97. The van der Waals surface area contributed by atoms with E-state index in [0.717, 1.165) is 25.7 Å². The van der Waals surface area contributed by atoms with Gasteiger partial charge in [-0.25, -0.2) is 0 Å². The quantitative estimate of drug-likeness (QED) is 0.845. The maximum Gasteiger partial charge on any atom is 0.0480 e. The number of rotatable bonds is 5. The van der Waals surface area contributed by atoms with Crippen LogP contribution < -0.4 is 5.73 Å². The fraction of sp³-hybridized carbons (Fsp3) is 1.00. The number of hydrogen-bond donors (Lipinski definition) is 1. The molecule has 0 aromatic carbocycles. The first-order chi connectivity index (χ1) is 9.95. The molecule has 2 aliphatic rings. The fourth-order valence-corrected chi connectivity index (χ4v) is 4.39. The Morgan fingerprint density at radius 1 is 1.14 bits per heavy atom. The predicted octanol–water partition coefficient (Wildman–Crippen LogP) is 3.42. The lowest BCUT2D eigenvalue weighted by Gasteiger charge is -2.51. The Bertz CT molecular complexity index is 315. The molecule has 0 bridgehead atoms. The minimum absolute atomic E-state index is 0.238. The summed E-state index contributed by atoms with van der Waals surface area (Å²) in [5, 5.41) is 0. The zero-order valence-corrected chi connectivity index (χ0v) is 14.7. The van der Waals surface area contributed by atoms with E-state index in [9.17, 15) is 0 Å². The highest BCUT2D eigenvalue weighted by atomic mass is 16.5. The van der Waals surface area contributed by atoms with E-state index in [4.69, 9.17) is 10.5 Å². The van der Waals surface area contributed by atoms with Gasteiger partial charge in [-0.3, -0.25) is 4.90 Å². The van der Waals surface area contributed by atoms with Crippen LogP contribution in [0.5, 0.6) is 0 Å². The third-order valence-corrected chi connectivity index (χ3v) is 6.80. The molecule has 0 atom stereocenters. The van der Waals surface area contributed by atoms with Crippen LogP contribution in [0.25, 0.3) is 0 Å². The van der Waals surface area contributed by atoms with Crippen molar-refractivity contribution in [1.29, 1.82) is 0 Å². The van der Waals surface area contributed by atoms with Gasteiger partial charge in [0.25, 0.3) is 0 Å². The first kappa shape index (κ1) is 17.2. The van der Waals surface area contributed by atoms with Gasteiger partial charge >= 0.3 is 0 Å². The molecule has 0 aromatic heterocycles. The molecule has 21 heavy (non-hydrogen) atoms. The number of nitrogens with two attached hydrogens (primary N) is 1. The molecule has 124 valence electrons. The zero-order valence-electron chi connectivity index (χ0n) is 14.7. The van der Waals surface area contributed by atoms with Gasteiger partial charge in [0.2, 0.25) is 0 Å². The molecule has 1 aliphatic carbocycles. The second-order valence-corrected chi connectivity index (χ2v) is 8.00. The molecule has 1 heterocycles. The lowest BCUT2D eigenvalue weighted by Crippen LogP contribution is -2.59. The number of nitrogens with zero attached hydrogens (tertiary/aromatic N) is 1. The van der Waals surface area contributed by atoms with Crippen molar-refractivity contribution in [2.75, 3.05) is 26.8 Å². The van der Waals surface area contributed by atoms with Gasteiger partial charge in [0.05, 0.1) is 0 Å². The molecule has 3 heteroatoms. The molecule has 1 saturated heterocycles. The predicted molar refractivity (Wildman–Crippen MR) is 89.4 cm³/mol. The van der Waals surface area contributed by atoms with Crippen LogP contribution in [0.2, 0.25) is 0 Å². The van der Waals surface area contributed by atoms with Crippen molar-refractivity contribution in [3.63, 3.8) is 0 Å². The average molecular weight is 296 g/mol. The van der Waals surface area contributed by atoms with E-state index in [1.807, 2.05) is 0 Å². The van der Waals surface area contributed by atoms with E-state index in [0.29, 0.717) is 11.5 Å². The molecule has 0 spiro atoms. The molecule has 1 aliphatic heterocycles. The largest absolute Gasteiger partial charge is 0.381 e. The molecule has 0 radical (unpaired) electrons. The monoisotopic (exact) mass is 296 g/mol. The van der Waals surface area contributed by atoms with Crippen LogP contribution in [-0.2, 0) is 4.74 Å². The first-order valence-corrected chi connectivity index (χ1v) is 8.96. The van der Waals surface area contributed by atoms with Crippen LogP contribution in [0.1, 0.15) is 65.7 Å². The molecular weight excluding hydrogens is 260 g/mol. The standard InChI is InChI=1S/C18H36N2O/c1-5-17(2,3)15-6-10-18(14-19,11-7-15)20(4)16-8-12-21-13-9-16/h15-16H,5-14,19H2,1-4H3. The fourth-order valence-electron chi connectivity index (χ4n) is 4.39. The van der Waals surface area contributed by atoms with Crippen LogP contribution in [0.15, 0.2) is 0 Å². The van der Waals surface area contributed by atoms with Crippen LogP contribution in [0.4, 0.5) is 0 Å². The van der Waals surface area contributed by atoms with Gasteiger partial charge in [0.15, 0.2) is 0 Å². The summed E-state index contributed by atoms with van der Waals surface area (Å²) in [5.74, 6) is 0.866. The van der Waals surface area contributed by atoms with Crippen molar-refractivity contribution in [3.8, 4) is 0 Å². The number of ether oxygens (including phenoxy) is 1. The van der Waals surface area contributed by atoms with Crippen molar-refractivity contribution in [2.45, 2.75) is 77.3 Å². The lowest BCUT2D eigenvalue weighted by atomic mass is 9.65. The van der Waals surface area contributed by atoms with Gasteiger partial charge in [-0.1, -0.05) is 27.2 Å². The van der Waals surface area contributed by atoms with Crippen LogP contribution in [0.3, 0.4) is 0 Å². The van der Waals surface area contributed by atoms with Crippen molar-refractivity contribution >= 4 is 0 Å². The van der Waals surface area contributed by atoms with Crippen LogP contribution in [-0.4, -0.2) is 43.3 Å². The summed E-state index contributed by atoms with van der Waals surface area (Å²) in [4.78, 5) is 2.63. The Labute approximate surface area is 131 Å². The molecule has 2 fully saturated rings. The Hall–Kier alpha value is -0.120.